The SMILES string of the molecule is CCc1ccccc1CNC(=NC)NCc1ccsc1. The van der Waals surface area contributed by atoms with Crippen molar-refractivity contribution in [2.24, 2.45) is 4.99 Å². The number of hydrogen-bond acceptors (Lipinski definition) is 2. The van der Waals surface area contributed by atoms with Crippen LogP contribution in [-0.2, 0) is 19.5 Å². The van der Waals surface area contributed by atoms with Crippen LogP contribution in [0.15, 0.2) is 46.1 Å². The molecule has 0 aliphatic rings. The molecular formula is C16H21N3S. The van der Waals surface area contributed by atoms with Gasteiger partial charge in [0, 0.05) is 20.1 Å². The molecule has 0 bridgehead atoms. The molecule has 0 spiro atoms. The number of guanidine groups is 1. The minimum atomic E-state index is 0.799. The Morgan fingerprint density at radius 3 is 2.50 bits per heavy atom. The Morgan fingerprint density at radius 2 is 1.85 bits per heavy atom. The van der Waals surface area contributed by atoms with Crippen LogP contribution in [-0.4, -0.2) is 13.0 Å². The van der Waals surface area contributed by atoms with Gasteiger partial charge in [0.25, 0.3) is 0 Å². The third-order valence-electron chi connectivity index (χ3n) is 3.21. The minimum absolute atomic E-state index is 0.799. The highest BCUT2D eigenvalue weighted by Crippen LogP contribution is 2.09. The average Bonchev–Trinajstić information content (AvgIpc) is 3.01. The molecule has 0 saturated carbocycles. The second-order valence-corrected chi connectivity index (χ2v) is 5.31. The van der Waals surface area contributed by atoms with Crippen LogP contribution in [0.25, 0.3) is 0 Å². The molecule has 2 aromatic rings. The number of nitrogens with one attached hydrogen (secondary N) is 2. The summed E-state index contributed by atoms with van der Waals surface area (Å²) in [6.45, 7) is 3.79. The lowest BCUT2D eigenvalue weighted by atomic mass is 10.1. The second-order valence-electron chi connectivity index (χ2n) is 4.53. The molecule has 3 nitrogen and oxygen atoms in total. The van der Waals surface area contributed by atoms with E-state index in [9.17, 15) is 0 Å². The van der Waals surface area contributed by atoms with Crippen LogP contribution in [0.1, 0.15) is 23.6 Å². The summed E-state index contributed by atoms with van der Waals surface area (Å²) >= 11 is 1.71. The van der Waals surface area contributed by atoms with Gasteiger partial charge in [0.05, 0.1) is 0 Å². The van der Waals surface area contributed by atoms with Gasteiger partial charge in [-0.3, -0.25) is 4.99 Å². The van der Waals surface area contributed by atoms with Crippen molar-refractivity contribution < 1.29 is 0 Å². The van der Waals surface area contributed by atoms with Crippen LogP contribution in [0.4, 0.5) is 0 Å². The van der Waals surface area contributed by atoms with E-state index in [4.69, 9.17) is 0 Å². The maximum absolute atomic E-state index is 4.26. The van der Waals surface area contributed by atoms with E-state index in [0.29, 0.717) is 0 Å². The molecule has 4 heteroatoms. The first-order valence-electron chi connectivity index (χ1n) is 6.86. The van der Waals surface area contributed by atoms with Gasteiger partial charge in [0.1, 0.15) is 0 Å². The van der Waals surface area contributed by atoms with Crippen LogP contribution in [0, 0.1) is 0 Å². The van der Waals surface area contributed by atoms with Crippen LogP contribution in [0.3, 0.4) is 0 Å². The molecule has 2 rings (SSSR count). The van der Waals surface area contributed by atoms with Crippen molar-refractivity contribution in [3.05, 3.63) is 57.8 Å². The van der Waals surface area contributed by atoms with Gasteiger partial charge >= 0.3 is 0 Å². The number of nitrogens with zero attached hydrogens (tertiary/aromatic N) is 1. The normalized spacial score (nSPS) is 11.4. The third kappa shape index (κ3) is 4.10. The fourth-order valence-electron chi connectivity index (χ4n) is 2.05. The van der Waals surface area contributed by atoms with Gasteiger partial charge < -0.3 is 10.6 Å². The number of aryl methyl sites for hydroxylation is 1. The molecule has 0 radical (unpaired) electrons. The quantitative estimate of drug-likeness (QED) is 0.654. The van der Waals surface area contributed by atoms with Crippen LogP contribution >= 0.6 is 11.3 Å². The minimum Gasteiger partial charge on any atom is -0.352 e. The molecular weight excluding hydrogens is 266 g/mol. The number of thiophene rings is 1. The second kappa shape index (κ2) is 7.70. The van der Waals surface area contributed by atoms with Crippen LogP contribution in [0.2, 0.25) is 0 Å². The lowest BCUT2D eigenvalue weighted by molar-refractivity contribution is 0.804. The summed E-state index contributed by atoms with van der Waals surface area (Å²) in [6, 6.07) is 10.6. The summed E-state index contributed by atoms with van der Waals surface area (Å²) in [5.41, 5.74) is 3.99. The first kappa shape index (κ1) is 14.6. The fourth-order valence-corrected chi connectivity index (χ4v) is 2.72. The van der Waals surface area contributed by atoms with Gasteiger partial charge in [0.2, 0.25) is 0 Å². The summed E-state index contributed by atoms with van der Waals surface area (Å²) in [5.74, 6) is 0.835. The van der Waals surface area contributed by atoms with Gasteiger partial charge in [-0.25, -0.2) is 0 Å². The molecule has 0 fully saturated rings. The van der Waals surface area contributed by atoms with E-state index < -0.39 is 0 Å². The van der Waals surface area contributed by atoms with Crippen molar-refractivity contribution in [3.63, 3.8) is 0 Å². The number of benzene rings is 1. The lowest BCUT2D eigenvalue weighted by Gasteiger charge is -2.13. The Hall–Kier alpha value is -1.81. The van der Waals surface area contributed by atoms with E-state index in [-0.39, 0.29) is 0 Å². The van der Waals surface area contributed by atoms with Gasteiger partial charge in [-0.1, -0.05) is 31.2 Å². The zero-order valence-electron chi connectivity index (χ0n) is 12.0. The lowest BCUT2D eigenvalue weighted by Crippen LogP contribution is -2.36. The first-order chi connectivity index (χ1) is 9.83. The van der Waals surface area contributed by atoms with Crippen molar-refractivity contribution in [1.82, 2.24) is 10.6 Å². The smallest absolute Gasteiger partial charge is 0.191 e. The zero-order chi connectivity index (χ0) is 14.2. The molecule has 1 aromatic heterocycles. The average molecular weight is 287 g/mol. The summed E-state index contributed by atoms with van der Waals surface area (Å²) in [4.78, 5) is 4.26. The Morgan fingerprint density at radius 1 is 1.10 bits per heavy atom. The molecule has 106 valence electrons. The van der Waals surface area contributed by atoms with Crippen LogP contribution < -0.4 is 10.6 Å². The maximum Gasteiger partial charge on any atom is 0.191 e. The van der Waals surface area contributed by atoms with Crippen molar-refractivity contribution in [3.8, 4) is 0 Å². The molecule has 0 saturated heterocycles. The standard InChI is InChI=1S/C16H21N3S/c1-3-14-6-4-5-7-15(14)11-19-16(17-2)18-10-13-8-9-20-12-13/h4-9,12H,3,10-11H2,1-2H3,(H2,17,18,19). The van der Waals surface area contributed by atoms with Gasteiger partial charge in [-0.15, -0.1) is 0 Å². The Balaban J connectivity index is 1.87. The molecule has 0 unspecified atom stereocenters. The van der Waals surface area contributed by atoms with Crippen molar-refractivity contribution >= 4 is 17.3 Å². The molecule has 20 heavy (non-hydrogen) atoms. The zero-order valence-corrected chi connectivity index (χ0v) is 12.8. The summed E-state index contributed by atoms with van der Waals surface area (Å²) in [7, 11) is 1.80. The van der Waals surface area contributed by atoms with Crippen molar-refractivity contribution in [1.29, 1.82) is 0 Å². The van der Waals surface area contributed by atoms with Crippen LogP contribution in [0.5, 0.6) is 0 Å². The van der Waals surface area contributed by atoms with E-state index in [1.807, 2.05) is 0 Å². The number of rotatable bonds is 5. The molecule has 0 amide bonds. The first-order valence-corrected chi connectivity index (χ1v) is 7.80. The largest absolute Gasteiger partial charge is 0.352 e. The third-order valence-corrected chi connectivity index (χ3v) is 3.94. The summed E-state index contributed by atoms with van der Waals surface area (Å²) in [6.07, 6.45) is 1.05. The molecule has 0 aliphatic heterocycles. The Bertz CT molecular complexity index is 547. The van der Waals surface area contributed by atoms with Gasteiger partial charge in [-0.05, 0) is 39.9 Å². The highest BCUT2D eigenvalue weighted by atomic mass is 32.1. The van der Waals surface area contributed by atoms with E-state index in [2.05, 4.69) is 63.6 Å². The number of hydrogen-bond donors (Lipinski definition) is 2. The predicted molar refractivity (Wildman–Crippen MR) is 87.2 cm³/mol. The fraction of sp³-hybridized carbons (Fsp3) is 0.312. The highest BCUT2D eigenvalue weighted by molar-refractivity contribution is 7.07. The predicted octanol–water partition coefficient (Wildman–Crippen LogP) is 3.18. The molecule has 1 aromatic carbocycles. The van der Waals surface area contributed by atoms with Gasteiger partial charge in [-0.2, -0.15) is 11.3 Å². The summed E-state index contributed by atoms with van der Waals surface area (Å²) in [5, 5.41) is 10.9. The van der Waals surface area contributed by atoms with E-state index in [0.717, 1.165) is 25.5 Å². The van der Waals surface area contributed by atoms with Gasteiger partial charge in [0.15, 0.2) is 5.96 Å². The molecule has 2 N–H and O–H groups in total. The molecule has 0 aliphatic carbocycles. The van der Waals surface area contributed by atoms with Crippen molar-refractivity contribution in [2.45, 2.75) is 26.4 Å². The van der Waals surface area contributed by atoms with E-state index in [1.165, 1.54) is 16.7 Å². The molecule has 1 heterocycles. The Kier molecular flexibility index (Phi) is 5.62. The number of aliphatic imine (C=N–C) groups is 1. The van der Waals surface area contributed by atoms with E-state index >= 15 is 0 Å². The van der Waals surface area contributed by atoms with Crippen molar-refractivity contribution in [2.75, 3.05) is 7.05 Å². The monoisotopic (exact) mass is 287 g/mol. The highest BCUT2D eigenvalue weighted by Gasteiger charge is 2.02. The maximum atomic E-state index is 4.26. The van der Waals surface area contributed by atoms with E-state index in [1.54, 1.807) is 18.4 Å². The molecule has 0 atom stereocenters. The Labute approximate surface area is 124 Å². The topological polar surface area (TPSA) is 36.4 Å². The summed E-state index contributed by atoms with van der Waals surface area (Å²) < 4.78 is 0.